The molecule has 0 radical (unpaired) electrons. The van der Waals surface area contributed by atoms with Crippen molar-refractivity contribution < 1.29 is 13.6 Å². The van der Waals surface area contributed by atoms with Crippen molar-refractivity contribution in [3.8, 4) is 0 Å². The molecule has 3 aromatic heterocycles. The summed E-state index contributed by atoms with van der Waals surface area (Å²) in [5.41, 5.74) is 3.50. The van der Waals surface area contributed by atoms with Crippen LogP contribution in [0.3, 0.4) is 0 Å². The topological polar surface area (TPSA) is 67.2 Å². The van der Waals surface area contributed by atoms with Gasteiger partial charge in [0.05, 0.1) is 12.3 Å². The highest BCUT2D eigenvalue weighted by atomic mass is 32.1. The van der Waals surface area contributed by atoms with Crippen LogP contribution in [0.25, 0.3) is 0 Å². The van der Waals surface area contributed by atoms with Crippen LogP contribution in [-0.2, 0) is 0 Å². The molecule has 1 amide bonds. The molecule has 158 valence electrons. The second-order valence-electron chi connectivity index (χ2n) is 7.25. The van der Waals surface area contributed by atoms with Crippen LogP contribution < -0.4 is 10.6 Å². The number of benzene rings is 1. The van der Waals surface area contributed by atoms with Crippen LogP contribution in [0.2, 0.25) is 0 Å². The summed E-state index contributed by atoms with van der Waals surface area (Å²) in [6.07, 6.45) is 1.46. The van der Waals surface area contributed by atoms with Crippen LogP contribution >= 0.6 is 11.3 Å². The van der Waals surface area contributed by atoms with Crippen molar-refractivity contribution in [1.29, 1.82) is 0 Å². The molecule has 0 aliphatic rings. The van der Waals surface area contributed by atoms with Gasteiger partial charge in [0, 0.05) is 16.1 Å². The maximum Gasteiger partial charge on any atom is 0.291 e. The molecule has 3 heterocycles. The number of pyridine rings is 1. The summed E-state index contributed by atoms with van der Waals surface area (Å²) < 4.78 is 19.4. The molecule has 1 aromatic carbocycles. The molecule has 0 fully saturated rings. The Morgan fingerprint density at radius 1 is 1.10 bits per heavy atom. The van der Waals surface area contributed by atoms with E-state index in [1.54, 1.807) is 18.2 Å². The molecular weight excluding hydrogens is 413 g/mol. The van der Waals surface area contributed by atoms with E-state index in [1.807, 2.05) is 45.0 Å². The Kier molecular flexibility index (Phi) is 5.86. The number of furan rings is 1. The molecule has 0 aliphatic carbocycles. The Labute approximate surface area is 184 Å². The average molecular weight is 436 g/mol. The second-order valence-corrected chi connectivity index (χ2v) is 8.48. The molecule has 0 saturated heterocycles. The third kappa shape index (κ3) is 4.51. The van der Waals surface area contributed by atoms with Crippen molar-refractivity contribution in [2.75, 3.05) is 10.6 Å². The average Bonchev–Trinajstić information content (AvgIpc) is 3.36. The standard InChI is InChI=1S/C24H22FN3O2S/c1-14-7-4-11-20(26-14)27-22(17-8-5-9-18(25)13-17)21-15(2)16(3)31-24(21)28-23(29)19-10-6-12-30-19/h4-13,22H,1-3H3,(H,26,27)(H,28,29)/t22-/m0/s1. The van der Waals surface area contributed by atoms with E-state index in [0.29, 0.717) is 10.8 Å². The van der Waals surface area contributed by atoms with Gasteiger partial charge < -0.3 is 15.1 Å². The van der Waals surface area contributed by atoms with Crippen LogP contribution in [0.15, 0.2) is 65.3 Å². The van der Waals surface area contributed by atoms with Crippen molar-refractivity contribution in [2.45, 2.75) is 26.8 Å². The van der Waals surface area contributed by atoms with E-state index in [9.17, 15) is 9.18 Å². The van der Waals surface area contributed by atoms with Crippen LogP contribution in [0.1, 0.15) is 43.9 Å². The van der Waals surface area contributed by atoms with Crippen LogP contribution in [0.4, 0.5) is 15.2 Å². The lowest BCUT2D eigenvalue weighted by molar-refractivity contribution is 0.0997. The number of hydrogen-bond donors (Lipinski definition) is 2. The SMILES string of the molecule is Cc1cccc(N[C@@H](c2cccc(F)c2)c2c(NC(=O)c3ccco3)sc(C)c2C)n1. The van der Waals surface area contributed by atoms with Gasteiger partial charge in [0.25, 0.3) is 5.91 Å². The molecule has 7 heteroatoms. The zero-order chi connectivity index (χ0) is 22.0. The van der Waals surface area contributed by atoms with Gasteiger partial charge >= 0.3 is 0 Å². The number of hydrogen-bond acceptors (Lipinski definition) is 5. The lowest BCUT2D eigenvalue weighted by Crippen LogP contribution is -2.18. The van der Waals surface area contributed by atoms with Gasteiger partial charge in [-0.05, 0) is 68.3 Å². The Morgan fingerprint density at radius 2 is 1.90 bits per heavy atom. The molecule has 5 nitrogen and oxygen atoms in total. The Morgan fingerprint density at radius 3 is 2.61 bits per heavy atom. The van der Waals surface area contributed by atoms with E-state index >= 15 is 0 Å². The van der Waals surface area contributed by atoms with Gasteiger partial charge in [-0.25, -0.2) is 9.37 Å². The van der Waals surface area contributed by atoms with E-state index in [4.69, 9.17) is 4.42 Å². The summed E-state index contributed by atoms with van der Waals surface area (Å²) in [6, 6.07) is 15.0. The van der Waals surface area contributed by atoms with Gasteiger partial charge in [-0.3, -0.25) is 4.79 Å². The van der Waals surface area contributed by atoms with E-state index < -0.39 is 6.04 Å². The molecule has 4 aromatic rings. The summed E-state index contributed by atoms with van der Waals surface area (Å²) in [4.78, 5) is 18.3. The molecule has 0 unspecified atom stereocenters. The fourth-order valence-electron chi connectivity index (χ4n) is 3.44. The Balaban J connectivity index is 1.79. The molecule has 0 saturated carbocycles. The smallest absolute Gasteiger partial charge is 0.291 e. The highest BCUT2D eigenvalue weighted by Crippen LogP contribution is 2.41. The molecule has 1 atom stereocenters. The first-order valence-corrected chi connectivity index (χ1v) is 10.6. The van der Waals surface area contributed by atoms with Crippen LogP contribution in [0, 0.1) is 26.6 Å². The molecule has 2 N–H and O–H groups in total. The van der Waals surface area contributed by atoms with E-state index in [-0.39, 0.29) is 17.5 Å². The first-order chi connectivity index (χ1) is 14.9. The molecule has 0 spiro atoms. The lowest BCUT2D eigenvalue weighted by atomic mass is 9.96. The highest BCUT2D eigenvalue weighted by molar-refractivity contribution is 7.16. The van der Waals surface area contributed by atoms with Gasteiger partial charge in [0.15, 0.2) is 5.76 Å². The summed E-state index contributed by atoms with van der Waals surface area (Å²) in [7, 11) is 0. The van der Waals surface area contributed by atoms with Gasteiger partial charge in [-0.15, -0.1) is 11.3 Å². The number of carbonyl (C=O) groups excluding carboxylic acids is 1. The number of nitrogens with zero attached hydrogens (tertiary/aromatic N) is 1. The maximum absolute atomic E-state index is 14.1. The van der Waals surface area contributed by atoms with Gasteiger partial charge in [-0.2, -0.15) is 0 Å². The number of nitrogens with one attached hydrogen (secondary N) is 2. The quantitative estimate of drug-likeness (QED) is 0.375. The minimum absolute atomic E-state index is 0.227. The Hall–Kier alpha value is -3.45. The predicted octanol–water partition coefficient (Wildman–Crippen LogP) is 6.25. The number of halogens is 1. The van der Waals surface area contributed by atoms with E-state index in [1.165, 1.54) is 29.7 Å². The molecular formula is C24H22FN3O2S. The fraction of sp³-hybridized carbons (Fsp3) is 0.167. The number of amides is 1. The number of thiophene rings is 1. The van der Waals surface area contributed by atoms with Crippen molar-refractivity contribution in [2.24, 2.45) is 0 Å². The van der Waals surface area contributed by atoms with Gasteiger partial charge in [0.1, 0.15) is 16.6 Å². The molecule has 31 heavy (non-hydrogen) atoms. The zero-order valence-corrected chi connectivity index (χ0v) is 18.2. The third-order valence-electron chi connectivity index (χ3n) is 5.06. The summed E-state index contributed by atoms with van der Waals surface area (Å²) >= 11 is 1.48. The maximum atomic E-state index is 14.1. The minimum atomic E-state index is -0.415. The van der Waals surface area contributed by atoms with Crippen molar-refractivity contribution >= 4 is 28.1 Å². The number of aromatic nitrogens is 1. The van der Waals surface area contributed by atoms with Gasteiger partial charge in [-0.1, -0.05) is 18.2 Å². The van der Waals surface area contributed by atoms with Crippen molar-refractivity contribution in [3.63, 3.8) is 0 Å². The number of rotatable bonds is 6. The number of carbonyl (C=O) groups is 1. The molecule has 0 bridgehead atoms. The molecule has 0 aliphatic heterocycles. The number of aryl methyl sites for hydroxylation is 2. The third-order valence-corrected chi connectivity index (χ3v) is 6.19. The zero-order valence-electron chi connectivity index (χ0n) is 17.4. The second kappa shape index (κ2) is 8.73. The summed E-state index contributed by atoms with van der Waals surface area (Å²) in [5.74, 6) is 0.234. The first-order valence-electron chi connectivity index (χ1n) is 9.83. The minimum Gasteiger partial charge on any atom is -0.459 e. The lowest BCUT2D eigenvalue weighted by Gasteiger charge is -2.22. The largest absolute Gasteiger partial charge is 0.459 e. The first kappa shape index (κ1) is 20.8. The highest BCUT2D eigenvalue weighted by Gasteiger charge is 2.26. The van der Waals surface area contributed by atoms with Crippen molar-refractivity contribution in [1.82, 2.24) is 4.98 Å². The van der Waals surface area contributed by atoms with Crippen LogP contribution in [0.5, 0.6) is 0 Å². The van der Waals surface area contributed by atoms with Crippen molar-refractivity contribution in [3.05, 3.63) is 99.7 Å². The van der Waals surface area contributed by atoms with Gasteiger partial charge in [0.2, 0.25) is 0 Å². The Bertz CT molecular complexity index is 1220. The summed E-state index contributed by atoms with van der Waals surface area (Å²) in [5, 5.41) is 7.09. The van der Waals surface area contributed by atoms with E-state index in [2.05, 4.69) is 15.6 Å². The van der Waals surface area contributed by atoms with E-state index in [0.717, 1.165) is 27.3 Å². The monoisotopic (exact) mass is 435 g/mol. The summed E-state index contributed by atoms with van der Waals surface area (Å²) in [6.45, 7) is 5.92. The fourth-order valence-corrected chi connectivity index (χ4v) is 4.53. The van der Waals surface area contributed by atoms with Crippen LogP contribution in [-0.4, -0.2) is 10.9 Å². The number of anilines is 2. The normalized spacial score (nSPS) is 11.9. The predicted molar refractivity (Wildman–Crippen MR) is 121 cm³/mol. The molecule has 4 rings (SSSR count).